The zero-order chi connectivity index (χ0) is 15.5. The first-order chi connectivity index (χ1) is 9.97. The first-order valence-corrected chi connectivity index (χ1v) is 7.74. The Morgan fingerprint density at radius 3 is 2.19 bits per heavy atom. The normalized spacial score (nSPS) is 11.0. The van der Waals surface area contributed by atoms with Gasteiger partial charge in [-0.15, -0.1) is 0 Å². The van der Waals surface area contributed by atoms with Gasteiger partial charge < -0.3 is 14.2 Å². The minimum atomic E-state index is -3.84. The van der Waals surface area contributed by atoms with Crippen molar-refractivity contribution in [3.63, 3.8) is 0 Å². The molecule has 0 N–H and O–H groups in total. The molecule has 0 spiro atoms. The third-order valence-electron chi connectivity index (χ3n) is 2.71. The zero-order valence-corrected chi connectivity index (χ0v) is 13.0. The van der Waals surface area contributed by atoms with Crippen molar-refractivity contribution in [2.45, 2.75) is 4.90 Å². The second-order valence-corrected chi connectivity index (χ2v) is 6.05. The molecule has 2 aromatic rings. The molecule has 0 fully saturated rings. The predicted molar refractivity (Wildman–Crippen MR) is 81.2 cm³/mol. The highest BCUT2D eigenvalue weighted by molar-refractivity contribution is 7.94. The molecule has 0 saturated heterocycles. The number of ether oxygens (including phenoxy) is 2. The Morgan fingerprint density at radius 2 is 1.62 bits per heavy atom. The van der Waals surface area contributed by atoms with Crippen LogP contribution in [-0.2, 0) is 10.0 Å². The fourth-order valence-corrected chi connectivity index (χ4v) is 2.93. The molecule has 0 heterocycles. The number of nitrogens with zero attached hydrogens (tertiary/aromatic N) is 1. The lowest BCUT2D eigenvalue weighted by atomic mass is 10.3. The predicted octanol–water partition coefficient (Wildman–Crippen LogP) is 3.75. The first kappa shape index (κ1) is 15.5. The Hall–Kier alpha value is -1.92. The van der Waals surface area contributed by atoms with Crippen molar-refractivity contribution in [2.24, 2.45) is 0 Å². The van der Waals surface area contributed by atoms with Gasteiger partial charge >= 0.3 is 0 Å². The van der Waals surface area contributed by atoms with E-state index in [0.29, 0.717) is 10.8 Å². The quantitative estimate of drug-likeness (QED) is 0.839. The Balaban J connectivity index is 2.43. The zero-order valence-electron chi connectivity index (χ0n) is 11.4. The van der Waals surface area contributed by atoms with E-state index in [2.05, 4.69) is 4.72 Å². The molecule has 21 heavy (non-hydrogen) atoms. The van der Waals surface area contributed by atoms with Gasteiger partial charge in [-0.3, -0.25) is 0 Å². The van der Waals surface area contributed by atoms with E-state index in [1.54, 1.807) is 18.2 Å². The van der Waals surface area contributed by atoms with Crippen LogP contribution in [-0.4, -0.2) is 22.6 Å². The Bertz CT molecular complexity index is 732. The van der Waals surface area contributed by atoms with E-state index in [-0.39, 0.29) is 16.3 Å². The molecule has 0 aliphatic carbocycles. The van der Waals surface area contributed by atoms with Crippen LogP contribution in [0.3, 0.4) is 0 Å². The molecule has 0 saturated carbocycles. The van der Waals surface area contributed by atoms with Crippen LogP contribution in [0.25, 0.3) is 4.72 Å². The van der Waals surface area contributed by atoms with E-state index >= 15 is 0 Å². The van der Waals surface area contributed by atoms with Gasteiger partial charge in [0.15, 0.2) is 0 Å². The Kier molecular flexibility index (Phi) is 4.59. The fourth-order valence-electron chi connectivity index (χ4n) is 1.69. The third kappa shape index (κ3) is 3.40. The van der Waals surface area contributed by atoms with Crippen LogP contribution in [0.1, 0.15) is 0 Å². The first-order valence-electron chi connectivity index (χ1n) is 5.92. The van der Waals surface area contributed by atoms with Gasteiger partial charge in [-0.25, -0.2) is 8.42 Å². The molecule has 0 amide bonds. The fraction of sp³-hybridized carbons (Fsp3) is 0.143. The highest BCUT2D eigenvalue weighted by atomic mass is 35.5. The van der Waals surface area contributed by atoms with E-state index in [0.717, 1.165) is 0 Å². The molecule has 0 aromatic heterocycles. The highest BCUT2D eigenvalue weighted by Gasteiger charge is 2.09. The van der Waals surface area contributed by atoms with Gasteiger partial charge in [0.25, 0.3) is 0 Å². The van der Waals surface area contributed by atoms with Crippen molar-refractivity contribution in [2.75, 3.05) is 14.2 Å². The molecule has 0 atom stereocenters. The van der Waals surface area contributed by atoms with Gasteiger partial charge in [0.05, 0.1) is 24.1 Å². The molecular weight excluding hydrogens is 314 g/mol. The molecule has 0 aliphatic rings. The van der Waals surface area contributed by atoms with Gasteiger partial charge in [-0.05, 0) is 18.2 Å². The van der Waals surface area contributed by atoms with Gasteiger partial charge in [0.2, 0.25) is 0 Å². The van der Waals surface area contributed by atoms with Gasteiger partial charge in [0, 0.05) is 6.07 Å². The summed E-state index contributed by atoms with van der Waals surface area (Å²) in [5.41, 5.74) is 0.127. The van der Waals surface area contributed by atoms with Gasteiger partial charge in [0.1, 0.15) is 21.5 Å². The molecule has 2 rings (SSSR count). The lowest BCUT2D eigenvalue weighted by Crippen LogP contribution is -1.98. The molecule has 5 nitrogen and oxygen atoms in total. The standard InChI is InChI=1S/C14H13ClNO4S/c1-19-13-9-12(14(20-2)8-11(13)15)16-21(17,18)10-6-4-3-5-7-10/h3-9H,1-2H3/q-1. The van der Waals surface area contributed by atoms with Crippen molar-refractivity contribution in [3.05, 3.63) is 52.2 Å². The summed E-state index contributed by atoms with van der Waals surface area (Å²) in [5, 5.41) is 0.311. The van der Waals surface area contributed by atoms with E-state index in [1.165, 1.54) is 38.5 Å². The number of halogens is 1. The highest BCUT2D eigenvalue weighted by Crippen LogP contribution is 2.42. The lowest BCUT2D eigenvalue weighted by molar-refractivity contribution is 0.405. The summed E-state index contributed by atoms with van der Waals surface area (Å²) < 4.78 is 38.5. The molecule has 2 aromatic carbocycles. The SMILES string of the molecule is COc1cc([N-]S(=O)(=O)c2ccccc2)c(OC)cc1Cl. The van der Waals surface area contributed by atoms with Crippen LogP contribution >= 0.6 is 11.6 Å². The summed E-state index contributed by atoms with van der Waals surface area (Å²) in [4.78, 5) is 0.0981. The van der Waals surface area contributed by atoms with Crippen molar-refractivity contribution in [3.8, 4) is 11.5 Å². The largest absolute Gasteiger partial charge is 0.570 e. The minimum Gasteiger partial charge on any atom is -0.570 e. The van der Waals surface area contributed by atoms with Crippen LogP contribution in [0.15, 0.2) is 47.4 Å². The smallest absolute Gasteiger partial charge is 0.136 e. The summed E-state index contributed by atoms with van der Waals surface area (Å²) in [6.07, 6.45) is 0. The Morgan fingerprint density at radius 1 is 1.00 bits per heavy atom. The van der Waals surface area contributed by atoms with Crippen LogP contribution in [0.5, 0.6) is 11.5 Å². The topological polar surface area (TPSA) is 66.7 Å². The van der Waals surface area contributed by atoms with Crippen LogP contribution < -0.4 is 9.47 Å². The number of hydrogen-bond donors (Lipinski definition) is 0. The molecule has 0 unspecified atom stereocenters. The third-order valence-corrected chi connectivity index (χ3v) is 4.31. The van der Waals surface area contributed by atoms with Gasteiger partial charge in [-0.1, -0.05) is 35.5 Å². The average Bonchev–Trinajstić information content (AvgIpc) is 2.49. The van der Waals surface area contributed by atoms with Crippen molar-refractivity contribution in [1.82, 2.24) is 0 Å². The van der Waals surface area contributed by atoms with E-state index < -0.39 is 10.0 Å². The molecular formula is C14H13ClNO4S-. The molecule has 0 radical (unpaired) electrons. The maximum atomic E-state index is 12.3. The number of benzene rings is 2. The summed E-state index contributed by atoms with van der Waals surface area (Å²) in [6.45, 7) is 0. The summed E-state index contributed by atoms with van der Waals surface area (Å²) in [5.74, 6) is 0.569. The summed E-state index contributed by atoms with van der Waals surface area (Å²) in [7, 11) is -0.995. The van der Waals surface area contributed by atoms with Crippen LogP contribution in [0.4, 0.5) is 5.69 Å². The molecule has 0 bridgehead atoms. The molecule has 112 valence electrons. The molecule has 7 heteroatoms. The minimum absolute atomic E-state index is 0.0981. The van der Waals surface area contributed by atoms with E-state index in [9.17, 15) is 8.42 Å². The van der Waals surface area contributed by atoms with E-state index in [1.807, 2.05) is 0 Å². The van der Waals surface area contributed by atoms with Gasteiger partial charge in [-0.2, -0.15) is 0 Å². The summed E-state index contributed by atoms with van der Waals surface area (Å²) in [6, 6.07) is 10.8. The monoisotopic (exact) mass is 326 g/mol. The van der Waals surface area contributed by atoms with E-state index in [4.69, 9.17) is 21.1 Å². The maximum absolute atomic E-state index is 12.3. The van der Waals surface area contributed by atoms with Crippen LogP contribution in [0.2, 0.25) is 5.02 Å². The number of sulfonamides is 1. The second kappa shape index (κ2) is 6.24. The van der Waals surface area contributed by atoms with Crippen LogP contribution in [0, 0.1) is 0 Å². The maximum Gasteiger partial charge on any atom is 0.136 e. The Labute approximate surface area is 128 Å². The average molecular weight is 327 g/mol. The summed E-state index contributed by atoms with van der Waals surface area (Å²) >= 11 is 5.97. The number of rotatable bonds is 5. The van der Waals surface area contributed by atoms with Crippen molar-refractivity contribution >= 4 is 27.3 Å². The van der Waals surface area contributed by atoms with Crippen molar-refractivity contribution in [1.29, 1.82) is 0 Å². The lowest BCUT2D eigenvalue weighted by Gasteiger charge is -2.25. The number of methoxy groups -OCH3 is 2. The second-order valence-electron chi connectivity index (χ2n) is 4.04. The molecule has 0 aliphatic heterocycles. The van der Waals surface area contributed by atoms with Crippen molar-refractivity contribution < 1.29 is 17.9 Å². The number of hydrogen-bond acceptors (Lipinski definition) is 4.